The number of nitrogens with zero attached hydrogens (tertiary/aromatic N) is 2. The van der Waals surface area contributed by atoms with E-state index in [0.29, 0.717) is 0 Å². The van der Waals surface area contributed by atoms with Crippen molar-refractivity contribution in [2.45, 2.75) is 19.8 Å². The van der Waals surface area contributed by atoms with E-state index in [0.717, 1.165) is 35.0 Å². The van der Waals surface area contributed by atoms with Gasteiger partial charge in [-0.05, 0) is 12.5 Å². The number of nitrogens with two attached hydrogens (primary N) is 1. The van der Waals surface area contributed by atoms with Gasteiger partial charge in [-0.3, -0.25) is 4.68 Å². The molecule has 3 nitrogen and oxygen atoms in total. The molecule has 0 unspecified atom stereocenters. The van der Waals surface area contributed by atoms with Crippen molar-refractivity contribution in [3.63, 3.8) is 0 Å². The SMILES string of the molecule is CCCc1c(C#N)c2ccccc2n1N. The third-order valence-electron chi connectivity index (χ3n) is 2.61. The molecule has 76 valence electrons. The smallest absolute Gasteiger partial charge is 0.102 e. The van der Waals surface area contributed by atoms with Crippen molar-refractivity contribution in [3.8, 4) is 6.07 Å². The van der Waals surface area contributed by atoms with E-state index in [1.807, 2.05) is 24.3 Å². The van der Waals surface area contributed by atoms with E-state index in [9.17, 15) is 0 Å². The van der Waals surface area contributed by atoms with Crippen molar-refractivity contribution in [1.29, 1.82) is 5.26 Å². The molecular weight excluding hydrogens is 186 g/mol. The summed E-state index contributed by atoms with van der Waals surface area (Å²) in [7, 11) is 0. The molecule has 1 aromatic heterocycles. The zero-order valence-corrected chi connectivity index (χ0v) is 8.70. The van der Waals surface area contributed by atoms with Crippen LogP contribution in [-0.2, 0) is 6.42 Å². The molecule has 0 bridgehead atoms. The monoisotopic (exact) mass is 199 g/mol. The number of para-hydroxylation sites is 1. The Hall–Kier alpha value is -1.95. The Morgan fingerprint density at radius 1 is 1.40 bits per heavy atom. The molecule has 0 amide bonds. The fourth-order valence-corrected chi connectivity index (χ4v) is 1.92. The number of benzene rings is 1. The zero-order valence-electron chi connectivity index (χ0n) is 8.70. The summed E-state index contributed by atoms with van der Waals surface area (Å²) in [6.07, 6.45) is 1.83. The summed E-state index contributed by atoms with van der Waals surface area (Å²) >= 11 is 0. The van der Waals surface area contributed by atoms with Gasteiger partial charge in [0, 0.05) is 5.39 Å². The fraction of sp³-hybridized carbons (Fsp3) is 0.250. The Labute approximate surface area is 88.7 Å². The van der Waals surface area contributed by atoms with Gasteiger partial charge in [-0.25, -0.2) is 0 Å². The molecule has 15 heavy (non-hydrogen) atoms. The minimum Gasteiger partial charge on any atom is -0.339 e. The molecule has 3 heteroatoms. The molecule has 2 N–H and O–H groups in total. The van der Waals surface area contributed by atoms with Crippen molar-refractivity contribution in [2.75, 3.05) is 5.84 Å². The predicted molar refractivity (Wildman–Crippen MR) is 60.8 cm³/mol. The van der Waals surface area contributed by atoms with Crippen molar-refractivity contribution in [2.24, 2.45) is 0 Å². The number of aromatic nitrogens is 1. The maximum atomic E-state index is 9.14. The summed E-state index contributed by atoms with van der Waals surface area (Å²) in [6, 6.07) is 9.99. The van der Waals surface area contributed by atoms with Gasteiger partial charge in [-0.1, -0.05) is 31.5 Å². The Kier molecular flexibility index (Phi) is 2.34. The molecule has 0 aliphatic carbocycles. The molecule has 0 saturated heterocycles. The summed E-state index contributed by atoms with van der Waals surface area (Å²) < 4.78 is 1.64. The minimum absolute atomic E-state index is 0.718. The first-order valence-electron chi connectivity index (χ1n) is 5.07. The van der Waals surface area contributed by atoms with Crippen LogP contribution in [0.4, 0.5) is 0 Å². The Balaban J connectivity index is 2.79. The summed E-state index contributed by atoms with van der Waals surface area (Å²) in [6.45, 7) is 2.08. The third-order valence-corrected chi connectivity index (χ3v) is 2.61. The number of nitriles is 1. The van der Waals surface area contributed by atoms with Crippen LogP contribution in [0.1, 0.15) is 24.6 Å². The van der Waals surface area contributed by atoms with E-state index in [-0.39, 0.29) is 0 Å². The van der Waals surface area contributed by atoms with Gasteiger partial charge in [0.05, 0.1) is 16.8 Å². The molecule has 0 radical (unpaired) electrons. The van der Waals surface area contributed by atoms with E-state index >= 15 is 0 Å². The molecule has 0 saturated carbocycles. The quantitative estimate of drug-likeness (QED) is 0.754. The topological polar surface area (TPSA) is 54.7 Å². The van der Waals surface area contributed by atoms with Gasteiger partial charge < -0.3 is 5.84 Å². The second-order valence-electron chi connectivity index (χ2n) is 3.57. The maximum Gasteiger partial charge on any atom is 0.102 e. The summed E-state index contributed by atoms with van der Waals surface area (Å²) in [5.41, 5.74) is 2.58. The normalized spacial score (nSPS) is 10.4. The molecule has 0 atom stereocenters. The summed E-state index contributed by atoms with van der Waals surface area (Å²) in [4.78, 5) is 0. The van der Waals surface area contributed by atoms with Gasteiger partial charge in [0.2, 0.25) is 0 Å². The van der Waals surface area contributed by atoms with E-state index in [4.69, 9.17) is 11.1 Å². The molecule has 0 aliphatic rings. The number of hydrogen-bond acceptors (Lipinski definition) is 2. The van der Waals surface area contributed by atoms with Gasteiger partial charge in [0.25, 0.3) is 0 Å². The predicted octanol–water partition coefficient (Wildman–Crippen LogP) is 2.18. The minimum atomic E-state index is 0.718. The van der Waals surface area contributed by atoms with Crippen molar-refractivity contribution >= 4 is 10.9 Å². The van der Waals surface area contributed by atoms with Crippen LogP contribution in [0, 0.1) is 11.3 Å². The first-order valence-corrected chi connectivity index (χ1v) is 5.07. The first-order chi connectivity index (χ1) is 7.29. The zero-order chi connectivity index (χ0) is 10.8. The van der Waals surface area contributed by atoms with Gasteiger partial charge in [0.15, 0.2) is 0 Å². The highest BCUT2D eigenvalue weighted by molar-refractivity contribution is 5.88. The highest BCUT2D eigenvalue weighted by Gasteiger charge is 2.13. The molecular formula is C12H13N3. The van der Waals surface area contributed by atoms with Crippen LogP contribution < -0.4 is 5.84 Å². The molecule has 2 rings (SSSR count). The Morgan fingerprint density at radius 2 is 2.13 bits per heavy atom. The lowest BCUT2D eigenvalue weighted by Crippen LogP contribution is -2.12. The van der Waals surface area contributed by atoms with Gasteiger partial charge in [-0.15, -0.1) is 0 Å². The van der Waals surface area contributed by atoms with Gasteiger partial charge in [-0.2, -0.15) is 5.26 Å². The fourth-order valence-electron chi connectivity index (χ4n) is 1.92. The van der Waals surface area contributed by atoms with Crippen LogP contribution in [0.15, 0.2) is 24.3 Å². The Bertz CT molecular complexity index is 532. The molecule has 0 aliphatic heterocycles. The molecule has 1 heterocycles. The molecule has 1 aromatic carbocycles. The average Bonchev–Trinajstić information content (AvgIpc) is 2.54. The second kappa shape index (κ2) is 3.66. The van der Waals surface area contributed by atoms with Crippen LogP contribution in [0.5, 0.6) is 0 Å². The second-order valence-corrected chi connectivity index (χ2v) is 3.57. The first kappa shape index (κ1) is 9.60. The molecule has 2 aromatic rings. The average molecular weight is 199 g/mol. The van der Waals surface area contributed by atoms with Crippen LogP contribution in [0.2, 0.25) is 0 Å². The van der Waals surface area contributed by atoms with E-state index < -0.39 is 0 Å². The van der Waals surface area contributed by atoms with Crippen molar-refractivity contribution in [1.82, 2.24) is 4.68 Å². The maximum absolute atomic E-state index is 9.14. The highest BCUT2D eigenvalue weighted by Crippen LogP contribution is 2.24. The standard InChI is InChI=1S/C12H13N3/c1-2-5-11-10(8-13)9-6-3-4-7-12(9)15(11)14/h3-4,6-7H,2,5,14H2,1H3. The third kappa shape index (κ3) is 1.35. The van der Waals surface area contributed by atoms with Crippen LogP contribution >= 0.6 is 0 Å². The van der Waals surface area contributed by atoms with Gasteiger partial charge in [0.1, 0.15) is 6.07 Å². The van der Waals surface area contributed by atoms with E-state index in [2.05, 4.69) is 13.0 Å². The molecule has 0 fully saturated rings. The number of rotatable bonds is 2. The Morgan fingerprint density at radius 3 is 2.80 bits per heavy atom. The largest absolute Gasteiger partial charge is 0.339 e. The van der Waals surface area contributed by atoms with Crippen molar-refractivity contribution < 1.29 is 0 Å². The van der Waals surface area contributed by atoms with Crippen LogP contribution in [0.3, 0.4) is 0 Å². The summed E-state index contributed by atoms with van der Waals surface area (Å²) in [5, 5.41) is 10.1. The van der Waals surface area contributed by atoms with E-state index in [1.165, 1.54) is 0 Å². The number of fused-ring (bicyclic) bond motifs is 1. The molecule has 0 spiro atoms. The lowest BCUT2D eigenvalue weighted by atomic mass is 10.1. The van der Waals surface area contributed by atoms with Crippen LogP contribution in [0.25, 0.3) is 10.9 Å². The number of hydrogen-bond donors (Lipinski definition) is 1. The van der Waals surface area contributed by atoms with E-state index in [1.54, 1.807) is 4.68 Å². The lowest BCUT2D eigenvalue weighted by Gasteiger charge is -2.01. The van der Waals surface area contributed by atoms with Crippen LogP contribution in [-0.4, -0.2) is 4.68 Å². The number of nitrogen functional groups attached to an aromatic ring is 1. The highest BCUT2D eigenvalue weighted by atomic mass is 15.3. The van der Waals surface area contributed by atoms with Gasteiger partial charge >= 0.3 is 0 Å². The lowest BCUT2D eigenvalue weighted by molar-refractivity contribution is 0.833. The summed E-state index contributed by atoms with van der Waals surface area (Å²) in [5.74, 6) is 5.97. The van der Waals surface area contributed by atoms with Crippen molar-refractivity contribution in [3.05, 3.63) is 35.5 Å².